The number of amides is 1. The van der Waals surface area contributed by atoms with E-state index < -0.39 is 0 Å². The number of fused-ring (bicyclic) bond motifs is 1. The van der Waals surface area contributed by atoms with Crippen molar-refractivity contribution in [2.75, 3.05) is 11.9 Å². The molecule has 0 bridgehead atoms. The van der Waals surface area contributed by atoms with Crippen LogP contribution in [-0.4, -0.2) is 33.4 Å². The van der Waals surface area contributed by atoms with Gasteiger partial charge in [-0.2, -0.15) is 0 Å². The summed E-state index contributed by atoms with van der Waals surface area (Å²) in [5.41, 5.74) is 3.20. The minimum atomic E-state index is 0.0537. The largest absolute Gasteiger partial charge is 0.366 e. The Labute approximate surface area is 145 Å². The molecule has 1 atom stereocenters. The highest BCUT2D eigenvalue weighted by Gasteiger charge is 2.45. The van der Waals surface area contributed by atoms with E-state index in [-0.39, 0.29) is 17.9 Å². The molecule has 128 valence electrons. The van der Waals surface area contributed by atoms with Crippen LogP contribution in [0.1, 0.15) is 45.4 Å². The normalized spacial score (nSPS) is 20.9. The summed E-state index contributed by atoms with van der Waals surface area (Å²) in [5.74, 6) is 1.14. The Morgan fingerprint density at radius 2 is 2.08 bits per heavy atom. The quantitative estimate of drug-likeness (QED) is 0.871. The molecule has 2 fully saturated rings. The molecule has 7 heteroatoms. The van der Waals surface area contributed by atoms with Gasteiger partial charge in [0.1, 0.15) is 16.7 Å². The van der Waals surface area contributed by atoms with Gasteiger partial charge in [0.2, 0.25) is 5.91 Å². The first-order chi connectivity index (χ1) is 11.7. The second-order valence-corrected chi connectivity index (χ2v) is 8.13. The molecule has 6 nitrogen and oxygen atoms in total. The molecule has 0 aromatic carbocycles. The van der Waals surface area contributed by atoms with Crippen LogP contribution in [-0.2, 0) is 4.79 Å². The van der Waals surface area contributed by atoms with Crippen LogP contribution in [0.4, 0.5) is 5.82 Å². The number of rotatable bonds is 5. The second kappa shape index (κ2) is 6.27. The lowest BCUT2D eigenvalue weighted by molar-refractivity contribution is -0.126. The van der Waals surface area contributed by atoms with Crippen molar-refractivity contribution < 1.29 is 4.79 Å². The molecule has 2 aliphatic rings. The highest BCUT2D eigenvalue weighted by Crippen LogP contribution is 2.57. The highest BCUT2D eigenvalue weighted by atomic mass is 32.1. The van der Waals surface area contributed by atoms with Gasteiger partial charge in [-0.25, -0.2) is 15.0 Å². The molecule has 2 aromatic heterocycles. The van der Waals surface area contributed by atoms with Crippen molar-refractivity contribution in [2.45, 2.75) is 51.5 Å². The van der Waals surface area contributed by atoms with E-state index in [1.165, 1.54) is 37.0 Å². The first kappa shape index (κ1) is 15.7. The molecule has 24 heavy (non-hydrogen) atoms. The third-order valence-electron chi connectivity index (χ3n) is 5.47. The van der Waals surface area contributed by atoms with Gasteiger partial charge in [0.05, 0.1) is 5.51 Å². The summed E-state index contributed by atoms with van der Waals surface area (Å²) in [6.07, 6.45) is 8.88. The zero-order chi connectivity index (χ0) is 16.6. The number of thiazole rings is 1. The molecular formula is C17H23N5OS. The fraction of sp³-hybridized carbons (Fsp3) is 0.647. The van der Waals surface area contributed by atoms with Gasteiger partial charge in [-0.3, -0.25) is 4.79 Å². The molecule has 0 saturated heterocycles. The van der Waals surface area contributed by atoms with Crippen LogP contribution >= 0.6 is 11.3 Å². The van der Waals surface area contributed by atoms with Crippen molar-refractivity contribution in [3.05, 3.63) is 11.8 Å². The minimum Gasteiger partial charge on any atom is -0.366 e. The summed E-state index contributed by atoms with van der Waals surface area (Å²) >= 11 is 1.50. The van der Waals surface area contributed by atoms with Gasteiger partial charge in [-0.05, 0) is 50.9 Å². The number of aromatic nitrogens is 3. The monoisotopic (exact) mass is 345 g/mol. The lowest BCUT2D eigenvalue weighted by Gasteiger charge is -2.28. The average Bonchev–Trinajstić information content (AvgIpc) is 3.16. The molecule has 0 radical (unpaired) electrons. The first-order valence-corrected chi connectivity index (χ1v) is 9.62. The van der Waals surface area contributed by atoms with Crippen molar-refractivity contribution in [3.8, 4) is 0 Å². The van der Waals surface area contributed by atoms with E-state index in [4.69, 9.17) is 0 Å². The van der Waals surface area contributed by atoms with Gasteiger partial charge in [0, 0.05) is 18.5 Å². The van der Waals surface area contributed by atoms with Gasteiger partial charge in [-0.15, -0.1) is 11.3 Å². The molecule has 2 N–H and O–H groups in total. The Kier molecular flexibility index (Phi) is 4.12. The average molecular weight is 345 g/mol. The van der Waals surface area contributed by atoms with Gasteiger partial charge in [-0.1, -0.05) is 0 Å². The van der Waals surface area contributed by atoms with Crippen molar-refractivity contribution in [1.29, 1.82) is 0 Å². The van der Waals surface area contributed by atoms with Crippen LogP contribution in [0.2, 0.25) is 0 Å². The summed E-state index contributed by atoms with van der Waals surface area (Å²) in [4.78, 5) is 26.1. The van der Waals surface area contributed by atoms with E-state index >= 15 is 0 Å². The fourth-order valence-corrected chi connectivity index (χ4v) is 4.28. The zero-order valence-electron chi connectivity index (χ0n) is 13.9. The van der Waals surface area contributed by atoms with Crippen LogP contribution in [0.3, 0.4) is 0 Å². The van der Waals surface area contributed by atoms with Crippen LogP contribution < -0.4 is 10.6 Å². The Hall–Kier alpha value is -1.76. The number of hydrogen-bond acceptors (Lipinski definition) is 6. The Morgan fingerprint density at radius 3 is 2.83 bits per heavy atom. The lowest BCUT2D eigenvalue weighted by Crippen LogP contribution is -2.42. The minimum absolute atomic E-state index is 0.0537. The van der Waals surface area contributed by atoms with E-state index in [9.17, 15) is 4.79 Å². The number of carbonyl (C=O) groups excluding carboxylic acids is 1. The standard InChI is InChI=1S/C17H23N5OS/c1-11(8-18-14-13-16(20-9-19-14)24-10-21-13)22-15(23)12-2-4-17(5-3-12)6-7-17/h9-12H,2-8H2,1H3,(H,22,23)(H,18,19,20)/t11-/m1/s1. The predicted molar refractivity (Wildman–Crippen MR) is 94.9 cm³/mol. The molecule has 0 unspecified atom stereocenters. The Morgan fingerprint density at radius 1 is 1.29 bits per heavy atom. The van der Waals surface area contributed by atoms with E-state index in [0.717, 1.165) is 29.0 Å². The third-order valence-corrected chi connectivity index (χ3v) is 6.21. The molecular weight excluding hydrogens is 322 g/mol. The van der Waals surface area contributed by atoms with Gasteiger partial charge in [0.15, 0.2) is 5.82 Å². The summed E-state index contributed by atoms with van der Waals surface area (Å²) in [7, 11) is 0. The molecule has 1 amide bonds. The molecule has 2 saturated carbocycles. The maximum Gasteiger partial charge on any atom is 0.223 e. The van der Waals surface area contributed by atoms with Crippen LogP contribution in [0.5, 0.6) is 0 Å². The summed E-state index contributed by atoms with van der Waals surface area (Å²) in [5, 5.41) is 6.43. The summed E-state index contributed by atoms with van der Waals surface area (Å²) in [6, 6.07) is 0.0537. The van der Waals surface area contributed by atoms with Crippen molar-refractivity contribution >= 4 is 33.4 Å². The molecule has 4 rings (SSSR count). The smallest absolute Gasteiger partial charge is 0.223 e. The van der Waals surface area contributed by atoms with Crippen LogP contribution in [0, 0.1) is 11.3 Å². The molecule has 2 heterocycles. The van der Waals surface area contributed by atoms with E-state index in [1.54, 1.807) is 11.8 Å². The van der Waals surface area contributed by atoms with Gasteiger partial charge in [0.25, 0.3) is 0 Å². The highest BCUT2D eigenvalue weighted by molar-refractivity contribution is 7.16. The lowest BCUT2D eigenvalue weighted by atomic mass is 9.79. The number of nitrogens with one attached hydrogen (secondary N) is 2. The molecule has 2 aliphatic carbocycles. The second-order valence-electron chi connectivity index (χ2n) is 7.29. The molecule has 2 aromatic rings. The first-order valence-electron chi connectivity index (χ1n) is 8.74. The van der Waals surface area contributed by atoms with Crippen molar-refractivity contribution in [3.63, 3.8) is 0 Å². The number of hydrogen-bond donors (Lipinski definition) is 2. The Bertz CT molecular complexity index is 731. The molecule has 0 aliphatic heterocycles. The van der Waals surface area contributed by atoms with E-state index in [2.05, 4.69) is 25.6 Å². The van der Waals surface area contributed by atoms with Gasteiger partial charge >= 0.3 is 0 Å². The van der Waals surface area contributed by atoms with E-state index in [1.807, 2.05) is 6.92 Å². The zero-order valence-corrected chi connectivity index (χ0v) is 14.7. The maximum absolute atomic E-state index is 12.4. The number of nitrogens with zero attached hydrogens (tertiary/aromatic N) is 3. The van der Waals surface area contributed by atoms with Crippen molar-refractivity contribution in [2.24, 2.45) is 11.3 Å². The Balaban J connectivity index is 1.28. The third kappa shape index (κ3) is 3.22. The van der Waals surface area contributed by atoms with Crippen molar-refractivity contribution in [1.82, 2.24) is 20.3 Å². The van der Waals surface area contributed by atoms with E-state index in [0.29, 0.717) is 12.0 Å². The van der Waals surface area contributed by atoms with Crippen LogP contribution in [0.25, 0.3) is 10.3 Å². The summed E-state index contributed by atoms with van der Waals surface area (Å²) < 4.78 is 0. The number of anilines is 1. The SMILES string of the molecule is C[C@H](CNc1ncnc2scnc12)NC(=O)C1CCC2(CC1)CC2. The maximum atomic E-state index is 12.4. The van der Waals surface area contributed by atoms with Gasteiger partial charge < -0.3 is 10.6 Å². The predicted octanol–water partition coefficient (Wildman–Crippen LogP) is 2.97. The summed E-state index contributed by atoms with van der Waals surface area (Å²) in [6.45, 7) is 2.65. The molecule has 1 spiro atoms. The van der Waals surface area contributed by atoms with Crippen LogP contribution in [0.15, 0.2) is 11.8 Å². The number of carbonyl (C=O) groups is 1. The topological polar surface area (TPSA) is 79.8 Å². The fourth-order valence-electron chi connectivity index (χ4n) is 3.65.